The summed E-state index contributed by atoms with van der Waals surface area (Å²) in [4.78, 5) is 29.2. The van der Waals surface area contributed by atoms with Gasteiger partial charge < -0.3 is 19.4 Å². The molecule has 0 radical (unpaired) electrons. The van der Waals surface area contributed by atoms with Crippen molar-refractivity contribution in [2.75, 3.05) is 12.8 Å². The number of aromatic nitrogens is 3. The van der Waals surface area contributed by atoms with E-state index < -0.39 is 34.5 Å². The first-order chi connectivity index (χ1) is 16.7. The van der Waals surface area contributed by atoms with Crippen LogP contribution in [0.1, 0.15) is 16.1 Å². The lowest BCUT2D eigenvalue weighted by molar-refractivity contribution is 0.103. The summed E-state index contributed by atoms with van der Waals surface area (Å²) in [5.74, 6) is -3.41. The highest BCUT2D eigenvalue weighted by molar-refractivity contribution is 6.09. The Kier molecular flexibility index (Phi) is 5.08. The number of fused-ring (bicyclic) bond motifs is 2. The average molecular weight is 478 g/mol. The number of anilines is 1. The molecule has 0 aliphatic carbocycles. The fourth-order valence-electron chi connectivity index (χ4n) is 4.17. The number of ketones is 1. The van der Waals surface area contributed by atoms with Crippen LogP contribution in [0, 0.1) is 17.5 Å². The lowest BCUT2D eigenvalue weighted by Crippen LogP contribution is -2.13. The van der Waals surface area contributed by atoms with Crippen molar-refractivity contribution in [3.63, 3.8) is 0 Å². The highest BCUT2D eigenvalue weighted by Gasteiger charge is 2.23. The van der Waals surface area contributed by atoms with Crippen LogP contribution in [-0.4, -0.2) is 26.8 Å². The van der Waals surface area contributed by atoms with Crippen molar-refractivity contribution in [3.05, 3.63) is 94.1 Å². The third-order valence-electron chi connectivity index (χ3n) is 5.91. The highest BCUT2D eigenvalue weighted by Crippen LogP contribution is 2.39. The summed E-state index contributed by atoms with van der Waals surface area (Å²) in [6.07, 6.45) is 2.85. The van der Waals surface area contributed by atoms with Crippen LogP contribution in [0.2, 0.25) is 0 Å². The molecule has 0 aliphatic heterocycles. The van der Waals surface area contributed by atoms with E-state index in [0.717, 1.165) is 12.1 Å². The molecule has 5 aromatic rings. The van der Waals surface area contributed by atoms with Crippen LogP contribution in [0.3, 0.4) is 0 Å². The molecule has 10 heteroatoms. The molecule has 0 spiro atoms. The molecule has 5 rings (SSSR count). The normalized spacial score (nSPS) is 11.3. The van der Waals surface area contributed by atoms with Crippen LogP contribution in [0.5, 0.6) is 5.75 Å². The zero-order valence-electron chi connectivity index (χ0n) is 18.5. The van der Waals surface area contributed by atoms with Crippen LogP contribution >= 0.6 is 0 Å². The van der Waals surface area contributed by atoms with Crippen molar-refractivity contribution in [3.8, 4) is 16.9 Å². The second kappa shape index (κ2) is 8.01. The zero-order chi connectivity index (χ0) is 25.0. The van der Waals surface area contributed by atoms with Crippen LogP contribution in [0.4, 0.5) is 18.9 Å². The number of benzene rings is 2. The van der Waals surface area contributed by atoms with Crippen molar-refractivity contribution in [1.82, 2.24) is 14.0 Å². The summed E-state index contributed by atoms with van der Waals surface area (Å²) in [6.45, 7) is 0. The van der Waals surface area contributed by atoms with Crippen LogP contribution in [-0.2, 0) is 7.05 Å². The number of pyridine rings is 1. The molecule has 7 nitrogen and oxygen atoms in total. The Morgan fingerprint density at radius 2 is 1.77 bits per heavy atom. The average Bonchev–Trinajstić information content (AvgIpc) is 3.28. The van der Waals surface area contributed by atoms with E-state index in [2.05, 4.69) is 4.98 Å². The first-order valence-corrected chi connectivity index (χ1v) is 10.3. The van der Waals surface area contributed by atoms with E-state index in [4.69, 9.17) is 10.5 Å². The molecule has 2 aromatic carbocycles. The third kappa shape index (κ3) is 3.33. The highest BCUT2D eigenvalue weighted by atomic mass is 19.1. The minimum atomic E-state index is -1.05. The van der Waals surface area contributed by atoms with Crippen molar-refractivity contribution < 1.29 is 22.7 Å². The first-order valence-electron chi connectivity index (χ1n) is 10.3. The van der Waals surface area contributed by atoms with Gasteiger partial charge in [-0.15, -0.1) is 0 Å². The Bertz CT molecular complexity index is 1720. The number of hydrogen-bond donors (Lipinski definition) is 1. The van der Waals surface area contributed by atoms with Gasteiger partial charge >= 0.3 is 0 Å². The summed E-state index contributed by atoms with van der Waals surface area (Å²) in [6, 6.07) is 9.47. The van der Waals surface area contributed by atoms with Gasteiger partial charge in [0.05, 0.1) is 35.7 Å². The lowest BCUT2D eigenvalue weighted by atomic mass is 10.0. The molecule has 0 saturated carbocycles. The predicted molar refractivity (Wildman–Crippen MR) is 124 cm³/mol. The van der Waals surface area contributed by atoms with Gasteiger partial charge in [-0.1, -0.05) is 6.07 Å². The second-order valence-electron chi connectivity index (χ2n) is 7.90. The van der Waals surface area contributed by atoms with E-state index in [1.54, 1.807) is 31.4 Å². The third-order valence-corrected chi connectivity index (χ3v) is 5.91. The Morgan fingerprint density at radius 3 is 2.46 bits per heavy atom. The largest absolute Gasteiger partial charge is 0.496 e. The number of nitrogens with zero attached hydrogens (tertiary/aromatic N) is 3. The fraction of sp³-hybridized carbons (Fsp3) is 0.0800. The standard InChI is InChI=1S/C25H17F3N4O3/c1-31-11-30-25(34)21-18(31)10-19(35-2)20(22(21)28)13-4-3-7-32-16(13)5-6-17(32)24(33)12-8-14(26)23(29)15(27)9-12/h3-11H,29H2,1-2H3. The molecule has 0 amide bonds. The van der Waals surface area contributed by atoms with E-state index in [0.29, 0.717) is 16.6 Å². The maximum atomic E-state index is 15.8. The van der Waals surface area contributed by atoms with Crippen LogP contribution in [0.25, 0.3) is 27.5 Å². The lowest BCUT2D eigenvalue weighted by Gasteiger charge is -2.15. The number of carbonyl (C=O) groups is 1. The van der Waals surface area contributed by atoms with E-state index in [9.17, 15) is 18.4 Å². The Labute approximate surface area is 195 Å². The maximum absolute atomic E-state index is 15.8. The molecule has 176 valence electrons. The van der Waals surface area contributed by atoms with Crippen LogP contribution < -0.4 is 16.0 Å². The van der Waals surface area contributed by atoms with Gasteiger partial charge in [0.2, 0.25) is 5.78 Å². The molecule has 35 heavy (non-hydrogen) atoms. The molecular weight excluding hydrogens is 461 g/mol. The molecule has 0 unspecified atom stereocenters. The molecule has 3 heterocycles. The quantitative estimate of drug-likeness (QED) is 0.310. The van der Waals surface area contributed by atoms with Crippen molar-refractivity contribution in [1.29, 1.82) is 0 Å². The Hall–Kier alpha value is -4.60. The van der Waals surface area contributed by atoms with E-state index in [1.165, 1.54) is 34.5 Å². The topological polar surface area (TPSA) is 91.6 Å². The van der Waals surface area contributed by atoms with Gasteiger partial charge in [0.1, 0.15) is 34.3 Å². The smallest absolute Gasteiger partial charge is 0.283 e. The Morgan fingerprint density at radius 1 is 1.06 bits per heavy atom. The summed E-state index contributed by atoms with van der Waals surface area (Å²) >= 11 is 0. The molecule has 0 bridgehead atoms. The minimum absolute atomic E-state index is 0.0115. The number of hydrogen-bond acceptors (Lipinski definition) is 5. The van der Waals surface area contributed by atoms with Gasteiger partial charge in [-0.3, -0.25) is 9.59 Å². The van der Waals surface area contributed by atoms with Gasteiger partial charge in [-0.2, -0.15) is 4.98 Å². The first kappa shape index (κ1) is 22.2. The zero-order valence-corrected chi connectivity index (χ0v) is 18.5. The number of ether oxygens (including phenoxy) is 1. The van der Waals surface area contributed by atoms with E-state index in [1.807, 2.05) is 0 Å². The predicted octanol–water partition coefficient (Wildman–Crippen LogP) is 4.09. The summed E-state index contributed by atoms with van der Waals surface area (Å²) in [7, 11) is 3.00. The summed E-state index contributed by atoms with van der Waals surface area (Å²) in [5, 5.41) is -0.205. The van der Waals surface area contributed by atoms with Gasteiger partial charge in [0.15, 0.2) is 0 Å². The van der Waals surface area contributed by atoms with Crippen molar-refractivity contribution in [2.45, 2.75) is 0 Å². The number of carbonyl (C=O) groups excluding carboxylic acids is 1. The number of rotatable bonds is 4. The van der Waals surface area contributed by atoms with E-state index in [-0.39, 0.29) is 28.0 Å². The molecule has 3 aromatic heterocycles. The maximum Gasteiger partial charge on any atom is 0.283 e. The number of methoxy groups -OCH3 is 1. The molecule has 0 aliphatic rings. The molecule has 2 N–H and O–H groups in total. The molecule has 0 fully saturated rings. The molecular formula is C25H17F3N4O3. The molecule has 0 saturated heterocycles. The number of aryl methyl sites for hydroxylation is 1. The van der Waals surface area contributed by atoms with Gasteiger partial charge in [-0.05, 0) is 30.3 Å². The van der Waals surface area contributed by atoms with Gasteiger partial charge in [0, 0.05) is 30.4 Å². The van der Waals surface area contributed by atoms with Crippen molar-refractivity contribution in [2.24, 2.45) is 7.05 Å². The Balaban J connectivity index is 1.75. The molecule has 0 atom stereocenters. The minimum Gasteiger partial charge on any atom is -0.496 e. The second-order valence-corrected chi connectivity index (χ2v) is 7.90. The fourth-order valence-corrected chi connectivity index (χ4v) is 4.17. The SMILES string of the molecule is COc1cc2c(c(F)c1-c1cccn3c(C(=O)c4cc(F)c(N)c(F)c4)ccc13)c(=O)ncn2C. The van der Waals surface area contributed by atoms with Crippen molar-refractivity contribution >= 4 is 27.9 Å². The number of nitrogen functional groups attached to an aromatic ring is 1. The summed E-state index contributed by atoms with van der Waals surface area (Å²) in [5.41, 5.74) is 4.80. The van der Waals surface area contributed by atoms with E-state index >= 15 is 4.39 Å². The number of nitrogens with two attached hydrogens (primary N) is 1. The van der Waals surface area contributed by atoms with Gasteiger partial charge in [-0.25, -0.2) is 13.2 Å². The monoisotopic (exact) mass is 478 g/mol. The van der Waals surface area contributed by atoms with Crippen LogP contribution in [0.15, 0.2) is 59.8 Å². The number of halogens is 3. The van der Waals surface area contributed by atoms with Gasteiger partial charge in [0.25, 0.3) is 5.56 Å². The summed E-state index contributed by atoms with van der Waals surface area (Å²) < 4.78 is 52.1.